The first-order valence-electron chi connectivity index (χ1n) is 6.38. The molecule has 4 heteroatoms. The van der Waals surface area contributed by atoms with Crippen LogP contribution in [-0.4, -0.2) is 6.04 Å². The molecule has 0 amide bonds. The fourth-order valence-electron chi connectivity index (χ4n) is 2.10. The Morgan fingerprint density at radius 2 is 1.65 bits per heavy atom. The van der Waals surface area contributed by atoms with Crippen molar-refractivity contribution in [2.24, 2.45) is 5.73 Å². The molecule has 2 aromatic carbocycles. The molecule has 20 heavy (non-hydrogen) atoms. The predicted octanol–water partition coefficient (Wildman–Crippen LogP) is 4.26. The van der Waals surface area contributed by atoms with Crippen LogP contribution in [0.3, 0.4) is 0 Å². The topological polar surface area (TPSA) is 26.0 Å². The zero-order chi connectivity index (χ0) is 14.8. The maximum atomic E-state index is 12.5. The first-order valence-corrected chi connectivity index (χ1v) is 6.38. The highest BCUT2D eigenvalue weighted by Crippen LogP contribution is 2.31. The summed E-state index contributed by atoms with van der Waals surface area (Å²) in [5, 5.41) is 0. The van der Waals surface area contributed by atoms with Crippen LogP contribution in [0.4, 0.5) is 13.2 Å². The molecule has 0 saturated heterocycles. The second-order valence-corrected chi connectivity index (χ2v) is 4.96. The van der Waals surface area contributed by atoms with Crippen LogP contribution in [-0.2, 0) is 12.6 Å². The second-order valence-electron chi connectivity index (χ2n) is 4.96. The Balaban J connectivity index is 2.28. The summed E-state index contributed by atoms with van der Waals surface area (Å²) in [6, 6.07) is 13.0. The summed E-state index contributed by atoms with van der Waals surface area (Å²) >= 11 is 0. The Kier molecular flexibility index (Phi) is 4.14. The summed E-state index contributed by atoms with van der Waals surface area (Å²) in [7, 11) is 0. The van der Waals surface area contributed by atoms with Gasteiger partial charge < -0.3 is 5.73 Å². The molecule has 0 spiro atoms. The molecule has 1 atom stereocenters. The molecule has 0 aliphatic carbocycles. The SMILES string of the molecule is CC(N)Cc1cccc(-c2ccc(C(F)(F)F)cc2)c1. The van der Waals surface area contributed by atoms with E-state index < -0.39 is 11.7 Å². The van der Waals surface area contributed by atoms with Crippen LogP contribution in [0.25, 0.3) is 11.1 Å². The van der Waals surface area contributed by atoms with E-state index in [4.69, 9.17) is 5.73 Å². The minimum absolute atomic E-state index is 0.0536. The number of halogens is 3. The van der Waals surface area contributed by atoms with E-state index in [1.807, 2.05) is 31.2 Å². The molecule has 0 fully saturated rings. The highest BCUT2D eigenvalue weighted by molar-refractivity contribution is 5.64. The van der Waals surface area contributed by atoms with Gasteiger partial charge in [0.25, 0.3) is 0 Å². The summed E-state index contributed by atoms with van der Waals surface area (Å²) in [6.45, 7) is 1.92. The second kappa shape index (κ2) is 5.67. The van der Waals surface area contributed by atoms with Crippen LogP contribution < -0.4 is 5.73 Å². The summed E-state index contributed by atoms with van der Waals surface area (Å²) < 4.78 is 37.5. The molecular weight excluding hydrogens is 263 g/mol. The molecule has 106 valence electrons. The summed E-state index contributed by atoms with van der Waals surface area (Å²) in [6.07, 6.45) is -3.55. The molecule has 0 radical (unpaired) electrons. The van der Waals surface area contributed by atoms with Gasteiger partial charge in [-0.25, -0.2) is 0 Å². The van der Waals surface area contributed by atoms with E-state index in [-0.39, 0.29) is 6.04 Å². The molecule has 0 saturated carbocycles. The molecule has 0 heterocycles. The average Bonchev–Trinajstić information content (AvgIpc) is 2.37. The number of hydrogen-bond acceptors (Lipinski definition) is 1. The van der Waals surface area contributed by atoms with Gasteiger partial charge in [0.15, 0.2) is 0 Å². The van der Waals surface area contributed by atoms with Gasteiger partial charge in [-0.15, -0.1) is 0 Å². The Morgan fingerprint density at radius 3 is 2.20 bits per heavy atom. The highest BCUT2D eigenvalue weighted by Gasteiger charge is 2.29. The van der Waals surface area contributed by atoms with Crippen molar-refractivity contribution < 1.29 is 13.2 Å². The van der Waals surface area contributed by atoms with Crippen molar-refractivity contribution in [3.05, 3.63) is 59.7 Å². The lowest BCUT2D eigenvalue weighted by Gasteiger charge is -2.10. The summed E-state index contributed by atoms with van der Waals surface area (Å²) in [5.74, 6) is 0. The first-order chi connectivity index (χ1) is 9.36. The highest BCUT2D eigenvalue weighted by atomic mass is 19.4. The van der Waals surface area contributed by atoms with Crippen LogP contribution in [0.15, 0.2) is 48.5 Å². The van der Waals surface area contributed by atoms with Crippen LogP contribution in [0.2, 0.25) is 0 Å². The zero-order valence-electron chi connectivity index (χ0n) is 11.1. The Hall–Kier alpha value is -1.81. The fraction of sp³-hybridized carbons (Fsp3) is 0.250. The lowest BCUT2D eigenvalue weighted by Crippen LogP contribution is -2.17. The van der Waals surface area contributed by atoms with E-state index in [2.05, 4.69) is 0 Å². The van der Waals surface area contributed by atoms with E-state index in [1.54, 1.807) is 0 Å². The van der Waals surface area contributed by atoms with E-state index in [0.29, 0.717) is 0 Å². The molecule has 0 aliphatic rings. The van der Waals surface area contributed by atoms with E-state index in [1.165, 1.54) is 12.1 Å². The van der Waals surface area contributed by atoms with E-state index in [9.17, 15) is 13.2 Å². The number of rotatable bonds is 3. The van der Waals surface area contributed by atoms with Crippen LogP contribution in [0.1, 0.15) is 18.1 Å². The Bertz CT molecular complexity index is 571. The maximum Gasteiger partial charge on any atom is 0.416 e. The molecule has 0 aliphatic heterocycles. The minimum Gasteiger partial charge on any atom is -0.328 e. The number of benzene rings is 2. The third kappa shape index (κ3) is 3.61. The molecule has 1 nitrogen and oxygen atoms in total. The molecular formula is C16H16F3N. The van der Waals surface area contributed by atoms with Crippen molar-refractivity contribution in [1.82, 2.24) is 0 Å². The van der Waals surface area contributed by atoms with Crippen molar-refractivity contribution >= 4 is 0 Å². The number of nitrogens with two attached hydrogens (primary N) is 1. The normalized spacial score (nSPS) is 13.2. The average molecular weight is 279 g/mol. The van der Waals surface area contributed by atoms with E-state index in [0.717, 1.165) is 35.2 Å². The van der Waals surface area contributed by atoms with Gasteiger partial charge in [0.2, 0.25) is 0 Å². The monoisotopic (exact) mass is 279 g/mol. The largest absolute Gasteiger partial charge is 0.416 e. The van der Waals surface area contributed by atoms with Gasteiger partial charge >= 0.3 is 6.18 Å². The van der Waals surface area contributed by atoms with Gasteiger partial charge in [-0.05, 0) is 42.2 Å². The molecule has 0 aromatic heterocycles. The van der Waals surface area contributed by atoms with Crippen molar-refractivity contribution in [3.8, 4) is 11.1 Å². The Morgan fingerprint density at radius 1 is 1.00 bits per heavy atom. The predicted molar refractivity (Wildman–Crippen MR) is 74.2 cm³/mol. The minimum atomic E-state index is -4.30. The lowest BCUT2D eigenvalue weighted by molar-refractivity contribution is -0.137. The molecule has 2 N–H and O–H groups in total. The molecule has 2 rings (SSSR count). The smallest absolute Gasteiger partial charge is 0.328 e. The third-order valence-electron chi connectivity index (χ3n) is 3.03. The van der Waals surface area contributed by atoms with Gasteiger partial charge in [0, 0.05) is 6.04 Å². The quantitative estimate of drug-likeness (QED) is 0.892. The van der Waals surface area contributed by atoms with Gasteiger partial charge in [0.1, 0.15) is 0 Å². The first kappa shape index (κ1) is 14.6. The van der Waals surface area contributed by atoms with Gasteiger partial charge in [-0.3, -0.25) is 0 Å². The molecule has 0 bridgehead atoms. The maximum absolute atomic E-state index is 12.5. The standard InChI is InChI=1S/C16H16F3N/c1-11(20)9-12-3-2-4-14(10-12)13-5-7-15(8-6-13)16(17,18)19/h2-8,10-11H,9,20H2,1H3. The molecule has 2 aromatic rings. The number of alkyl halides is 3. The van der Waals surface area contributed by atoms with Gasteiger partial charge in [0.05, 0.1) is 5.56 Å². The van der Waals surface area contributed by atoms with Crippen molar-refractivity contribution in [3.63, 3.8) is 0 Å². The third-order valence-corrected chi connectivity index (χ3v) is 3.03. The molecule has 1 unspecified atom stereocenters. The number of hydrogen-bond donors (Lipinski definition) is 1. The van der Waals surface area contributed by atoms with Gasteiger partial charge in [-0.1, -0.05) is 36.4 Å². The van der Waals surface area contributed by atoms with Crippen molar-refractivity contribution in [2.45, 2.75) is 25.6 Å². The van der Waals surface area contributed by atoms with Crippen molar-refractivity contribution in [1.29, 1.82) is 0 Å². The van der Waals surface area contributed by atoms with Crippen LogP contribution in [0, 0.1) is 0 Å². The van der Waals surface area contributed by atoms with Crippen LogP contribution in [0.5, 0.6) is 0 Å². The summed E-state index contributed by atoms with van der Waals surface area (Å²) in [5.41, 5.74) is 7.87. The zero-order valence-corrected chi connectivity index (χ0v) is 11.1. The fourth-order valence-corrected chi connectivity index (χ4v) is 2.10. The Labute approximate surface area is 116 Å². The lowest BCUT2D eigenvalue weighted by atomic mass is 9.99. The van der Waals surface area contributed by atoms with Crippen LogP contribution >= 0.6 is 0 Å². The van der Waals surface area contributed by atoms with E-state index >= 15 is 0 Å². The summed E-state index contributed by atoms with van der Waals surface area (Å²) in [4.78, 5) is 0. The van der Waals surface area contributed by atoms with Gasteiger partial charge in [-0.2, -0.15) is 13.2 Å². The van der Waals surface area contributed by atoms with Crippen molar-refractivity contribution in [2.75, 3.05) is 0 Å².